The molecule has 1 aliphatic heterocycles. The third-order valence-corrected chi connectivity index (χ3v) is 4.83. The molecule has 0 amide bonds. The number of rotatable bonds is 4. The van der Waals surface area contributed by atoms with Crippen LogP contribution >= 0.6 is 11.8 Å². The number of hydrogen-bond acceptors (Lipinski definition) is 3. The van der Waals surface area contributed by atoms with Crippen molar-refractivity contribution >= 4 is 17.7 Å². The minimum atomic E-state index is -0.700. The van der Waals surface area contributed by atoms with E-state index in [2.05, 4.69) is 43.0 Å². The Morgan fingerprint density at radius 1 is 1.47 bits per heavy atom. The Labute approximate surface area is 119 Å². The molecule has 0 aliphatic carbocycles. The standard InChI is InChI=1S/C15H21NO2S/c1-11-3-5-13(6-4-11)12(2)16-7-8-19-10-14(16)9-15(17)18/h3-6,12,14H,7-10H2,1-2H3,(H,17,18). The molecule has 2 unspecified atom stereocenters. The lowest BCUT2D eigenvalue weighted by Gasteiger charge is -2.39. The van der Waals surface area contributed by atoms with E-state index in [4.69, 9.17) is 5.11 Å². The van der Waals surface area contributed by atoms with E-state index in [9.17, 15) is 4.79 Å². The molecule has 1 fully saturated rings. The van der Waals surface area contributed by atoms with Gasteiger partial charge in [0.05, 0.1) is 6.42 Å². The Balaban J connectivity index is 2.12. The Bertz CT molecular complexity index is 432. The molecule has 0 aromatic heterocycles. The molecule has 0 saturated carbocycles. The van der Waals surface area contributed by atoms with Crippen LogP contribution < -0.4 is 0 Å². The number of carboxylic acids is 1. The first-order chi connectivity index (χ1) is 9.08. The molecule has 104 valence electrons. The van der Waals surface area contributed by atoms with Gasteiger partial charge in [-0.3, -0.25) is 9.69 Å². The molecule has 1 aliphatic rings. The van der Waals surface area contributed by atoms with Gasteiger partial charge in [0.25, 0.3) is 0 Å². The van der Waals surface area contributed by atoms with Crippen molar-refractivity contribution in [1.82, 2.24) is 4.90 Å². The number of thioether (sulfide) groups is 1. The highest BCUT2D eigenvalue weighted by Gasteiger charge is 2.29. The van der Waals surface area contributed by atoms with Crippen molar-refractivity contribution in [2.75, 3.05) is 18.1 Å². The number of carbonyl (C=O) groups is 1. The summed E-state index contributed by atoms with van der Waals surface area (Å²) in [5.74, 6) is 1.31. The van der Waals surface area contributed by atoms with Crippen LogP contribution in [0.2, 0.25) is 0 Å². The second-order valence-corrected chi connectivity index (χ2v) is 6.30. The van der Waals surface area contributed by atoms with Gasteiger partial charge in [-0.25, -0.2) is 0 Å². The van der Waals surface area contributed by atoms with Crippen molar-refractivity contribution in [2.24, 2.45) is 0 Å². The third-order valence-electron chi connectivity index (χ3n) is 3.74. The van der Waals surface area contributed by atoms with E-state index in [1.54, 1.807) is 0 Å². The van der Waals surface area contributed by atoms with Crippen LogP contribution in [0.4, 0.5) is 0 Å². The van der Waals surface area contributed by atoms with E-state index in [0.717, 1.165) is 18.1 Å². The average molecular weight is 279 g/mol. The first kappa shape index (κ1) is 14.4. The summed E-state index contributed by atoms with van der Waals surface area (Å²) >= 11 is 1.86. The summed E-state index contributed by atoms with van der Waals surface area (Å²) in [6, 6.07) is 8.98. The van der Waals surface area contributed by atoms with E-state index < -0.39 is 5.97 Å². The molecule has 1 aromatic rings. The molecule has 2 rings (SSSR count). The fraction of sp³-hybridized carbons (Fsp3) is 0.533. The molecule has 1 N–H and O–H groups in total. The zero-order valence-corrected chi connectivity index (χ0v) is 12.3. The normalized spacial score (nSPS) is 22.1. The van der Waals surface area contributed by atoms with Crippen molar-refractivity contribution < 1.29 is 9.90 Å². The van der Waals surface area contributed by atoms with Crippen LogP contribution in [0, 0.1) is 6.92 Å². The van der Waals surface area contributed by atoms with Crippen molar-refractivity contribution in [1.29, 1.82) is 0 Å². The maximum Gasteiger partial charge on any atom is 0.304 e. The first-order valence-corrected chi connectivity index (χ1v) is 7.85. The number of benzene rings is 1. The highest BCUT2D eigenvalue weighted by molar-refractivity contribution is 7.99. The van der Waals surface area contributed by atoms with Gasteiger partial charge in [0.1, 0.15) is 0 Å². The highest BCUT2D eigenvalue weighted by Crippen LogP contribution is 2.29. The molecule has 1 saturated heterocycles. The summed E-state index contributed by atoms with van der Waals surface area (Å²) in [6.07, 6.45) is 0.239. The van der Waals surface area contributed by atoms with Gasteiger partial charge in [0.2, 0.25) is 0 Å². The van der Waals surface area contributed by atoms with Crippen LogP contribution in [0.15, 0.2) is 24.3 Å². The van der Waals surface area contributed by atoms with Gasteiger partial charge in [-0.15, -0.1) is 0 Å². The van der Waals surface area contributed by atoms with E-state index in [0.29, 0.717) is 0 Å². The van der Waals surface area contributed by atoms with Crippen LogP contribution in [-0.4, -0.2) is 40.1 Å². The predicted molar refractivity (Wildman–Crippen MR) is 79.7 cm³/mol. The summed E-state index contributed by atoms with van der Waals surface area (Å²) in [4.78, 5) is 13.3. The molecule has 3 nitrogen and oxygen atoms in total. The fourth-order valence-corrected chi connectivity index (χ4v) is 3.68. The Kier molecular flexibility index (Phi) is 4.88. The lowest BCUT2D eigenvalue weighted by molar-refractivity contribution is -0.138. The molecule has 0 radical (unpaired) electrons. The monoisotopic (exact) mass is 279 g/mol. The number of hydrogen-bond donors (Lipinski definition) is 1. The molecular weight excluding hydrogens is 258 g/mol. The molecule has 2 atom stereocenters. The van der Waals surface area contributed by atoms with Crippen LogP contribution in [0.1, 0.15) is 30.5 Å². The molecule has 4 heteroatoms. The summed E-state index contributed by atoms with van der Waals surface area (Å²) in [5, 5.41) is 9.04. The molecule has 0 spiro atoms. The van der Waals surface area contributed by atoms with E-state index >= 15 is 0 Å². The van der Waals surface area contributed by atoms with Gasteiger partial charge in [0.15, 0.2) is 0 Å². The van der Waals surface area contributed by atoms with Gasteiger partial charge in [-0.1, -0.05) is 29.8 Å². The Hall–Kier alpha value is -1.00. The molecule has 1 heterocycles. The van der Waals surface area contributed by atoms with Crippen molar-refractivity contribution in [3.63, 3.8) is 0 Å². The van der Waals surface area contributed by atoms with E-state index in [1.807, 2.05) is 11.8 Å². The maximum atomic E-state index is 11.0. The third kappa shape index (κ3) is 3.74. The second kappa shape index (κ2) is 6.44. The minimum absolute atomic E-state index is 0.146. The number of nitrogens with zero attached hydrogens (tertiary/aromatic N) is 1. The maximum absolute atomic E-state index is 11.0. The summed E-state index contributed by atoms with van der Waals surface area (Å²) in [7, 11) is 0. The highest BCUT2D eigenvalue weighted by atomic mass is 32.2. The van der Waals surface area contributed by atoms with E-state index in [1.165, 1.54) is 11.1 Å². The SMILES string of the molecule is Cc1ccc(C(C)N2CCSCC2CC(=O)O)cc1. The topological polar surface area (TPSA) is 40.5 Å². The van der Waals surface area contributed by atoms with Gasteiger partial charge >= 0.3 is 5.97 Å². The lowest BCUT2D eigenvalue weighted by atomic mass is 10.0. The Morgan fingerprint density at radius 2 is 2.16 bits per heavy atom. The number of aryl methyl sites for hydroxylation is 1. The van der Waals surface area contributed by atoms with Gasteiger partial charge in [0, 0.05) is 30.1 Å². The van der Waals surface area contributed by atoms with Crippen molar-refractivity contribution in [3.05, 3.63) is 35.4 Å². The van der Waals surface area contributed by atoms with Crippen molar-refractivity contribution in [2.45, 2.75) is 32.4 Å². The molecule has 1 aromatic carbocycles. The minimum Gasteiger partial charge on any atom is -0.481 e. The lowest BCUT2D eigenvalue weighted by Crippen LogP contribution is -2.44. The zero-order chi connectivity index (χ0) is 13.8. The zero-order valence-electron chi connectivity index (χ0n) is 11.5. The van der Waals surface area contributed by atoms with Crippen LogP contribution in [0.3, 0.4) is 0 Å². The summed E-state index contributed by atoms with van der Waals surface area (Å²) < 4.78 is 0. The average Bonchev–Trinajstić information content (AvgIpc) is 2.39. The number of aliphatic carboxylic acids is 1. The largest absolute Gasteiger partial charge is 0.481 e. The molecule has 19 heavy (non-hydrogen) atoms. The second-order valence-electron chi connectivity index (χ2n) is 5.15. The van der Waals surface area contributed by atoms with Gasteiger partial charge in [-0.05, 0) is 19.4 Å². The fourth-order valence-electron chi connectivity index (χ4n) is 2.59. The molecule has 0 bridgehead atoms. The van der Waals surface area contributed by atoms with Crippen LogP contribution in [0.5, 0.6) is 0 Å². The van der Waals surface area contributed by atoms with E-state index in [-0.39, 0.29) is 18.5 Å². The first-order valence-electron chi connectivity index (χ1n) is 6.70. The quantitative estimate of drug-likeness (QED) is 0.920. The number of carboxylic acid groups (broad SMARTS) is 1. The Morgan fingerprint density at radius 3 is 2.79 bits per heavy atom. The summed E-state index contributed by atoms with van der Waals surface area (Å²) in [6.45, 7) is 5.23. The van der Waals surface area contributed by atoms with Gasteiger partial charge in [-0.2, -0.15) is 11.8 Å². The predicted octanol–water partition coefficient (Wildman–Crippen LogP) is 2.95. The van der Waals surface area contributed by atoms with Crippen molar-refractivity contribution in [3.8, 4) is 0 Å². The van der Waals surface area contributed by atoms with Gasteiger partial charge < -0.3 is 5.11 Å². The van der Waals surface area contributed by atoms with Crippen LogP contribution in [-0.2, 0) is 4.79 Å². The molecular formula is C15H21NO2S. The summed E-state index contributed by atoms with van der Waals surface area (Å²) in [5.41, 5.74) is 2.53. The van der Waals surface area contributed by atoms with Crippen LogP contribution in [0.25, 0.3) is 0 Å². The smallest absolute Gasteiger partial charge is 0.304 e.